The van der Waals surface area contributed by atoms with Crippen LogP contribution in [0.15, 0.2) is 55.0 Å². The van der Waals surface area contributed by atoms with Crippen molar-refractivity contribution in [3.8, 4) is 5.75 Å². The number of hydrazine groups is 1. The molecule has 0 saturated carbocycles. The molecular formula is C24H24Cl2N6O2. The number of carbonyl (C=O) groups excluding carboxylic acids is 1. The number of piperidine rings is 1. The first-order chi connectivity index (χ1) is 16.5. The van der Waals surface area contributed by atoms with Crippen molar-refractivity contribution in [1.82, 2.24) is 15.0 Å². The Morgan fingerprint density at radius 3 is 2.44 bits per heavy atom. The van der Waals surface area contributed by atoms with Crippen LogP contribution in [0, 0.1) is 0 Å². The molecule has 1 unspecified atom stereocenters. The Hall–Kier alpha value is -3.07. The molecule has 2 aliphatic heterocycles. The second-order valence-corrected chi connectivity index (χ2v) is 9.04. The summed E-state index contributed by atoms with van der Waals surface area (Å²) < 4.78 is 0. The zero-order chi connectivity index (χ0) is 23.7. The minimum Gasteiger partial charge on any atom is -0.406 e. The van der Waals surface area contributed by atoms with E-state index in [1.807, 2.05) is 36.3 Å². The maximum Gasteiger partial charge on any atom is 0.265 e. The van der Waals surface area contributed by atoms with Crippen LogP contribution in [0.4, 0.5) is 17.2 Å². The predicted octanol–water partition coefficient (Wildman–Crippen LogP) is 5.40. The van der Waals surface area contributed by atoms with Crippen LogP contribution in [0.5, 0.6) is 5.75 Å². The molecule has 5 rings (SSSR count). The number of para-hydroxylation sites is 1. The highest BCUT2D eigenvalue weighted by molar-refractivity contribution is 6.40. The molecule has 1 saturated heterocycles. The number of aromatic nitrogens is 2. The van der Waals surface area contributed by atoms with Gasteiger partial charge in [-0.15, -0.1) is 5.06 Å². The Morgan fingerprint density at radius 2 is 1.74 bits per heavy atom. The minimum absolute atomic E-state index is 0.276. The molecule has 1 N–H and O–H groups in total. The number of nitrogens with one attached hydrogen (secondary N) is 1. The molecule has 8 nitrogen and oxygen atoms in total. The lowest BCUT2D eigenvalue weighted by Gasteiger charge is -2.43. The van der Waals surface area contributed by atoms with Crippen LogP contribution >= 0.6 is 23.2 Å². The number of fused-ring (bicyclic) bond motifs is 1. The number of rotatable bonds is 5. The highest BCUT2D eigenvalue weighted by Gasteiger charge is 2.39. The molecule has 1 atom stereocenters. The summed E-state index contributed by atoms with van der Waals surface area (Å²) in [5.41, 5.74) is 4.96. The van der Waals surface area contributed by atoms with E-state index in [0.717, 1.165) is 37.4 Å². The third-order valence-electron chi connectivity index (χ3n) is 5.95. The number of hydrogen-bond acceptors (Lipinski definition) is 7. The molecular weight excluding hydrogens is 475 g/mol. The number of carbonyl (C=O) groups is 1. The van der Waals surface area contributed by atoms with Crippen molar-refractivity contribution < 1.29 is 9.63 Å². The van der Waals surface area contributed by atoms with Crippen LogP contribution in [0.1, 0.15) is 36.5 Å². The third kappa shape index (κ3) is 4.36. The van der Waals surface area contributed by atoms with Crippen molar-refractivity contribution in [1.29, 1.82) is 0 Å². The molecule has 0 spiro atoms. The number of halogens is 2. The zero-order valence-corrected chi connectivity index (χ0v) is 20.1. The van der Waals surface area contributed by atoms with Gasteiger partial charge in [-0.25, -0.2) is 15.0 Å². The van der Waals surface area contributed by atoms with Gasteiger partial charge in [0.1, 0.15) is 23.8 Å². The zero-order valence-electron chi connectivity index (χ0n) is 18.6. The third-order valence-corrected chi connectivity index (χ3v) is 6.56. The summed E-state index contributed by atoms with van der Waals surface area (Å²) in [6.45, 7) is 3.76. The number of anilines is 3. The van der Waals surface area contributed by atoms with Crippen LogP contribution in [-0.4, -0.2) is 40.2 Å². The lowest BCUT2D eigenvalue weighted by Crippen LogP contribution is -2.56. The fourth-order valence-corrected chi connectivity index (χ4v) is 4.83. The second-order valence-electron chi connectivity index (χ2n) is 8.22. The van der Waals surface area contributed by atoms with Gasteiger partial charge < -0.3 is 4.84 Å². The van der Waals surface area contributed by atoms with E-state index < -0.39 is 6.17 Å². The molecule has 0 radical (unpaired) electrons. The van der Waals surface area contributed by atoms with Crippen molar-refractivity contribution in [3.05, 3.63) is 70.6 Å². The summed E-state index contributed by atoms with van der Waals surface area (Å²) in [6.07, 6.45) is 5.98. The first-order valence-electron chi connectivity index (χ1n) is 11.2. The van der Waals surface area contributed by atoms with Gasteiger partial charge in [-0.1, -0.05) is 35.7 Å². The molecule has 3 aromatic rings. The maximum absolute atomic E-state index is 13.4. The summed E-state index contributed by atoms with van der Waals surface area (Å²) in [6, 6.07) is 12.8. The first kappa shape index (κ1) is 22.7. The van der Waals surface area contributed by atoms with Crippen molar-refractivity contribution in [2.24, 2.45) is 0 Å². The topological polar surface area (TPSA) is 73.8 Å². The van der Waals surface area contributed by atoms with E-state index in [-0.39, 0.29) is 5.91 Å². The number of benzene rings is 2. The summed E-state index contributed by atoms with van der Waals surface area (Å²) >= 11 is 12.9. The molecule has 34 heavy (non-hydrogen) atoms. The molecule has 1 fully saturated rings. The fraction of sp³-hybridized carbons (Fsp3) is 0.292. The maximum atomic E-state index is 13.4. The monoisotopic (exact) mass is 498 g/mol. The van der Waals surface area contributed by atoms with Gasteiger partial charge in [0.2, 0.25) is 0 Å². The van der Waals surface area contributed by atoms with Gasteiger partial charge in [-0.2, -0.15) is 0 Å². The Morgan fingerprint density at radius 1 is 1.03 bits per heavy atom. The average molecular weight is 499 g/mol. The first-order valence-corrected chi connectivity index (χ1v) is 11.9. The van der Waals surface area contributed by atoms with E-state index in [1.54, 1.807) is 28.1 Å². The number of hydroxylamine groups is 2. The molecule has 176 valence electrons. The summed E-state index contributed by atoms with van der Waals surface area (Å²) in [7, 11) is 0. The van der Waals surface area contributed by atoms with E-state index in [4.69, 9.17) is 28.0 Å². The average Bonchev–Trinajstić information content (AvgIpc) is 2.85. The minimum atomic E-state index is -0.489. The SMILES string of the molecule is CC1N(Nc2ccc(ON3CCCCC3)cc2)c2ncncc2C(=O)N1c1c(Cl)cccc1Cl. The summed E-state index contributed by atoms with van der Waals surface area (Å²) in [5, 5.41) is 4.57. The molecule has 10 heteroatoms. The van der Waals surface area contributed by atoms with Crippen molar-refractivity contribution >= 4 is 46.3 Å². The van der Waals surface area contributed by atoms with E-state index in [9.17, 15) is 4.79 Å². The Balaban J connectivity index is 1.43. The Kier molecular flexibility index (Phi) is 6.45. The number of nitrogens with zero attached hydrogens (tertiary/aromatic N) is 5. The van der Waals surface area contributed by atoms with Gasteiger partial charge in [0.05, 0.1) is 21.4 Å². The van der Waals surface area contributed by atoms with Crippen LogP contribution in [-0.2, 0) is 0 Å². The van der Waals surface area contributed by atoms with Crippen LogP contribution in [0.3, 0.4) is 0 Å². The van der Waals surface area contributed by atoms with Gasteiger partial charge >= 0.3 is 0 Å². The second kappa shape index (κ2) is 9.66. The van der Waals surface area contributed by atoms with Gasteiger partial charge in [-0.05, 0) is 56.2 Å². The molecule has 1 amide bonds. The smallest absolute Gasteiger partial charge is 0.265 e. The largest absolute Gasteiger partial charge is 0.406 e. The molecule has 2 aliphatic rings. The van der Waals surface area contributed by atoms with E-state index in [1.165, 1.54) is 18.9 Å². The standard InChI is InChI=1S/C24H24Cl2N6O2/c1-16-31(22-20(25)6-5-7-21(22)26)24(33)19-14-27-15-28-23(19)32(16)29-17-8-10-18(11-9-17)34-30-12-3-2-4-13-30/h5-11,14-16,29H,2-4,12-13H2,1H3. The van der Waals surface area contributed by atoms with Gasteiger partial charge in [0.15, 0.2) is 5.82 Å². The van der Waals surface area contributed by atoms with Crippen molar-refractivity contribution in [2.45, 2.75) is 32.4 Å². The Bertz CT molecular complexity index is 1170. The molecule has 1 aromatic heterocycles. The number of amides is 1. The van der Waals surface area contributed by atoms with E-state index in [0.29, 0.717) is 27.1 Å². The van der Waals surface area contributed by atoms with Gasteiger partial charge in [0, 0.05) is 19.3 Å². The predicted molar refractivity (Wildman–Crippen MR) is 133 cm³/mol. The van der Waals surface area contributed by atoms with Crippen LogP contribution < -0.4 is 20.2 Å². The highest BCUT2D eigenvalue weighted by atomic mass is 35.5. The highest BCUT2D eigenvalue weighted by Crippen LogP contribution is 2.40. The fourth-order valence-electron chi connectivity index (χ4n) is 4.25. The summed E-state index contributed by atoms with van der Waals surface area (Å²) in [5.74, 6) is 0.975. The molecule has 0 aliphatic carbocycles. The van der Waals surface area contributed by atoms with Gasteiger partial charge in [0.25, 0.3) is 5.91 Å². The van der Waals surface area contributed by atoms with Crippen LogP contribution in [0.2, 0.25) is 10.0 Å². The molecule has 3 heterocycles. The lowest BCUT2D eigenvalue weighted by atomic mass is 10.1. The summed E-state index contributed by atoms with van der Waals surface area (Å²) in [4.78, 5) is 29.4. The van der Waals surface area contributed by atoms with E-state index >= 15 is 0 Å². The van der Waals surface area contributed by atoms with Crippen molar-refractivity contribution in [2.75, 3.05) is 28.4 Å². The molecule has 2 aromatic carbocycles. The molecule has 0 bridgehead atoms. The normalized spacial score (nSPS) is 18.6. The Labute approximate surface area is 208 Å². The number of hydrogen-bond donors (Lipinski definition) is 1. The quantitative estimate of drug-likeness (QED) is 0.504. The van der Waals surface area contributed by atoms with Gasteiger partial charge in [-0.3, -0.25) is 15.1 Å². The van der Waals surface area contributed by atoms with Crippen molar-refractivity contribution in [3.63, 3.8) is 0 Å². The lowest BCUT2D eigenvalue weighted by molar-refractivity contribution is -0.0719. The van der Waals surface area contributed by atoms with Crippen LogP contribution in [0.25, 0.3) is 0 Å². The van der Waals surface area contributed by atoms with E-state index in [2.05, 4.69) is 15.4 Å².